The third kappa shape index (κ3) is 9.21. The Labute approximate surface area is 416 Å². The maximum atomic E-state index is 2.36. The molecule has 1 nitrogen and oxygen atoms in total. The van der Waals surface area contributed by atoms with Crippen molar-refractivity contribution in [2.24, 2.45) is 0 Å². The van der Waals surface area contributed by atoms with Crippen LogP contribution in [0.4, 0.5) is 17.1 Å². The molecule has 0 aliphatic heterocycles. The summed E-state index contributed by atoms with van der Waals surface area (Å²) in [6.07, 6.45) is 0. The molecule has 0 aliphatic carbocycles. The third-order valence-electron chi connectivity index (χ3n) is 13.7. The molecule has 12 aromatic carbocycles. The van der Waals surface area contributed by atoms with Crippen LogP contribution in [-0.4, -0.2) is 0 Å². The molecule has 71 heavy (non-hydrogen) atoms. The van der Waals surface area contributed by atoms with Crippen LogP contribution >= 0.6 is 0 Å². The van der Waals surface area contributed by atoms with E-state index in [9.17, 15) is 0 Å². The number of rotatable bonds is 11. The van der Waals surface area contributed by atoms with Gasteiger partial charge in [-0.05, 0) is 167 Å². The van der Waals surface area contributed by atoms with E-state index in [4.69, 9.17) is 0 Å². The van der Waals surface area contributed by atoms with Gasteiger partial charge >= 0.3 is 0 Å². The largest absolute Gasteiger partial charge is 0.311 e. The molecule has 0 saturated heterocycles. The number of anilines is 3. The highest BCUT2D eigenvalue weighted by Crippen LogP contribution is 2.40. The van der Waals surface area contributed by atoms with Gasteiger partial charge in [0.2, 0.25) is 0 Å². The van der Waals surface area contributed by atoms with Crippen LogP contribution in [0.15, 0.2) is 297 Å². The van der Waals surface area contributed by atoms with Crippen LogP contribution in [0.2, 0.25) is 0 Å². The zero-order valence-electron chi connectivity index (χ0n) is 39.2. The van der Waals surface area contributed by atoms with Gasteiger partial charge in [-0.1, -0.05) is 231 Å². The fourth-order valence-corrected chi connectivity index (χ4v) is 9.83. The van der Waals surface area contributed by atoms with Crippen molar-refractivity contribution in [3.8, 4) is 89.0 Å². The molecule has 0 heterocycles. The summed E-state index contributed by atoms with van der Waals surface area (Å²) in [6.45, 7) is 0. The smallest absolute Gasteiger partial charge is 0.0462 e. The van der Waals surface area contributed by atoms with Gasteiger partial charge in [0.15, 0.2) is 0 Å². The number of benzene rings is 12. The monoisotopic (exact) mass is 903 g/mol. The van der Waals surface area contributed by atoms with E-state index in [1.54, 1.807) is 0 Å². The first-order valence-electron chi connectivity index (χ1n) is 24.4. The SMILES string of the molecule is c1ccc(-c2ccc(-c3ccc(N(c4ccc(-c5ccc(-c6cccc(-c7ccc8ccccc8c7)c6)cc5)cc4)c4ccc(-c5cc(-c6ccccc6)cc(-c6ccccc6)c5)cc4)cc3)cc2)cc1. The molecule has 12 rings (SSSR count). The van der Waals surface area contributed by atoms with Gasteiger partial charge in [0.25, 0.3) is 0 Å². The van der Waals surface area contributed by atoms with E-state index >= 15 is 0 Å². The van der Waals surface area contributed by atoms with Gasteiger partial charge in [-0.25, -0.2) is 0 Å². The lowest BCUT2D eigenvalue weighted by molar-refractivity contribution is 1.28. The minimum Gasteiger partial charge on any atom is -0.311 e. The molecule has 0 aromatic heterocycles. The van der Waals surface area contributed by atoms with Crippen LogP contribution < -0.4 is 4.90 Å². The highest BCUT2D eigenvalue weighted by atomic mass is 15.1. The Kier molecular flexibility index (Phi) is 11.7. The Bertz CT molecular complexity index is 3670. The summed E-state index contributed by atoms with van der Waals surface area (Å²) >= 11 is 0. The summed E-state index contributed by atoms with van der Waals surface area (Å²) in [5.41, 5.74) is 22.4. The number of hydrogen-bond donors (Lipinski definition) is 0. The fourth-order valence-electron chi connectivity index (χ4n) is 9.83. The number of fused-ring (bicyclic) bond motifs is 1. The summed E-state index contributed by atoms with van der Waals surface area (Å²) < 4.78 is 0. The standard InChI is InChI=1S/C70H49N/c1-4-13-50(14-5-1)54-23-25-55(26-24-54)57-33-39-68(40-34-57)71(70-43-37-60(38-44-70)67-48-65(51-15-6-2-7-16-51)47-66(49-67)52-17-8-3-9-18-52)69-41-35-58(36-42-69)56-27-29-59(30-28-56)62-21-12-22-63(45-62)64-32-31-53-19-10-11-20-61(53)46-64/h1-49H. The number of hydrogen-bond acceptors (Lipinski definition) is 1. The molecule has 0 radical (unpaired) electrons. The molecule has 0 fully saturated rings. The maximum Gasteiger partial charge on any atom is 0.0462 e. The predicted molar refractivity (Wildman–Crippen MR) is 302 cm³/mol. The molecule has 0 N–H and O–H groups in total. The Balaban J connectivity index is 0.858. The van der Waals surface area contributed by atoms with E-state index in [2.05, 4.69) is 302 Å². The van der Waals surface area contributed by atoms with Crippen molar-refractivity contribution >= 4 is 27.8 Å². The van der Waals surface area contributed by atoms with E-state index in [0.717, 1.165) is 22.6 Å². The van der Waals surface area contributed by atoms with Crippen molar-refractivity contribution in [1.82, 2.24) is 0 Å². The lowest BCUT2D eigenvalue weighted by atomic mass is 9.93. The average Bonchev–Trinajstić information content (AvgIpc) is 3.46. The Morgan fingerprint density at radius 1 is 0.141 bits per heavy atom. The quantitative estimate of drug-likeness (QED) is 0.125. The highest BCUT2D eigenvalue weighted by Gasteiger charge is 2.15. The molecule has 0 spiro atoms. The molecule has 1 heteroatoms. The zero-order chi connectivity index (χ0) is 47.3. The van der Waals surface area contributed by atoms with E-state index in [-0.39, 0.29) is 0 Å². The first kappa shape index (κ1) is 43.0. The Morgan fingerprint density at radius 3 is 0.789 bits per heavy atom. The van der Waals surface area contributed by atoms with Gasteiger partial charge < -0.3 is 4.90 Å². The highest BCUT2D eigenvalue weighted by molar-refractivity contribution is 5.89. The van der Waals surface area contributed by atoms with Crippen molar-refractivity contribution < 1.29 is 0 Å². The van der Waals surface area contributed by atoms with Gasteiger partial charge in [0, 0.05) is 17.1 Å². The van der Waals surface area contributed by atoms with Crippen LogP contribution in [0, 0.1) is 0 Å². The van der Waals surface area contributed by atoms with Gasteiger partial charge in [-0.3, -0.25) is 0 Å². The van der Waals surface area contributed by atoms with Crippen molar-refractivity contribution in [3.63, 3.8) is 0 Å². The van der Waals surface area contributed by atoms with E-state index in [1.807, 2.05) is 0 Å². The molecule has 0 aliphatic rings. The fraction of sp³-hybridized carbons (Fsp3) is 0. The first-order chi connectivity index (χ1) is 35.1. The molecule has 0 amide bonds. The second-order valence-electron chi connectivity index (χ2n) is 18.2. The van der Waals surface area contributed by atoms with Crippen LogP contribution in [0.5, 0.6) is 0 Å². The first-order valence-corrected chi connectivity index (χ1v) is 24.4. The normalized spacial score (nSPS) is 11.1. The second-order valence-corrected chi connectivity index (χ2v) is 18.2. The minimum absolute atomic E-state index is 1.08. The van der Waals surface area contributed by atoms with Crippen molar-refractivity contribution in [2.45, 2.75) is 0 Å². The molecular weight excluding hydrogens is 855 g/mol. The van der Waals surface area contributed by atoms with E-state index < -0.39 is 0 Å². The summed E-state index contributed by atoms with van der Waals surface area (Å²) in [4.78, 5) is 2.36. The van der Waals surface area contributed by atoms with Gasteiger partial charge in [-0.2, -0.15) is 0 Å². The average molecular weight is 904 g/mol. The van der Waals surface area contributed by atoms with Crippen LogP contribution in [0.3, 0.4) is 0 Å². The van der Waals surface area contributed by atoms with Crippen LogP contribution in [-0.2, 0) is 0 Å². The van der Waals surface area contributed by atoms with Crippen molar-refractivity contribution in [3.05, 3.63) is 297 Å². The molecule has 0 bridgehead atoms. The molecular formula is C70H49N. The van der Waals surface area contributed by atoms with Gasteiger partial charge in [0.1, 0.15) is 0 Å². The summed E-state index contributed by atoms with van der Waals surface area (Å²) in [7, 11) is 0. The van der Waals surface area contributed by atoms with Crippen molar-refractivity contribution in [2.75, 3.05) is 4.90 Å². The number of nitrogens with zero attached hydrogens (tertiary/aromatic N) is 1. The van der Waals surface area contributed by atoms with Crippen LogP contribution in [0.25, 0.3) is 99.8 Å². The Hall–Kier alpha value is -9.30. The van der Waals surface area contributed by atoms with E-state index in [1.165, 1.54) is 94.2 Å². The van der Waals surface area contributed by atoms with Crippen molar-refractivity contribution in [1.29, 1.82) is 0 Å². The summed E-state index contributed by atoms with van der Waals surface area (Å²) in [5.74, 6) is 0. The molecule has 0 unspecified atom stereocenters. The van der Waals surface area contributed by atoms with Crippen LogP contribution in [0.1, 0.15) is 0 Å². The second kappa shape index (κ2) is 19.4. The van der Waals surface area contributed by atoms with Gasteiger partial charge in [-0.15, -0.1) is 0 Å². The lowest BCUT2D eigenvalue weighted by Gasteiger charge is -2.26. The topological polar surface area (TPSA) is 3.24 Å². The van der Waals surface area contributed by atoms with E-state index in [0.29, 0.717) is 0 Å². The molecule has 12 aromatic rings. The predicted octanol–water partition coefficient (Wildman–Crippen LogP) is 19.6. The minimum atomic E-state index is 1.08. The summed E-state index contributed by atoms with van der Waals surface area (Å²) in [6, 6.07) is 108. The lowest BCUT2D eigenvalue weighted by Crippen LogP contribution is -2.09. The Morgan fingerprint density at radius 2 is 0.380 bits per heavy atom. The summed E-state index contributed by atoms with van der Waals surface area (Å²) in [5, 5.41) is 2.51. The molecule has 0 saturated carbocycles. The maximum absolute atomic E-state index is 2.36. The van der Waals surface area contributed by atoms with Gasteiger partial charge in [0.05, 0.1) is 0 Å². The zero-order valence-corrected chi connectivity index (χ0v) is 39.2. The molecule has 334 valence electrons. The third-order valence-corrected chi connectivity index (χ3v) is 13.7. The molecule has 0 atom stereocenters.